The van der Waals surface area contributed by atoms with Crippen molar-refractivity contribution >= 4 is 11.2 Å². The maximum atomic E-state index is 12.4. The highest BCUT2D eigenvalue weighted by molar-refractivity contribution is 5.69. The molecule has 0 radical (unpaired) electrons. The van der Waals surface area contributed by atoms with Crippen LogP contribution >= 0.6 is 0 Å². The number of aliphatic hydroxyl groups is 1. The van der Waals surface area contributed by atoms with Gasteiger partial charge in [0.1, 0.15) is 0 Å². The lowest BCUT2D eigenvalue weighted by molar-refractivity contribution is 0.281. The summed E-state index contributed by atoms with van der Waals surface area (Å²) in [7, 11) is 3.11. The Bertz CT molecular complexity index is 847. The predicted molar refractivity (Wildman–Crippen MR) is 71.2 cm³/mol. The number of hydrogen-bond donors (Lipinski definition) is 1. The van der Waals surface area contributed by atoms with Gasteiger partial charge in [-0.3, -0.25) is 13.9 Å². The summed E-state index contributed by atoms with van der Waals surface area (Å²) in [6, 6.07) is 0. The molecule has 2 rings (SSSR count). The molecule has 2 aromatic heterocycles. The maximum Gasteiger partial charge on any atom is 0.332 e. The summed E-state index contributed by atoms with van der Waals surface area (Å²) >= 11 is 0. The second kappa shape index (κ2) is 5.40. The fraction of sp³-hybridized carbons (Fsp3) is 0.583. The summed E-state index contributed by atoms with van der Waals surface area (Å²) in [5.74, 6) is 0. The first-order valence-corrected chi connectivity index (χ1v) is 5.80. The smallest absolute Gasteiger partial charge is 0.332 e. The average Bonchev–Trinajstić information content (AvgIpc) is 2.81. The van der Waals surface area contributed by atoms with Gasteiger partial charge >= 0.3 is 5.69 Å². The Balaban J connectivity index is 2.33. The van der Waals surface area contributed by atoms with Crippen LogP contribution in [0.1, 0.15) is 24.7 Å². The van der Waals surface area contributed by atoms with E-state index in [0.717, 1.165) is 4.57 Å². The molecule has 2 heterocycles. The standard InChI is InChI=1S/C12H18N4O3/c1-14-8-13-10-9(14)11(18)16(12(19)15(10)2)6-4-3-5-7-17/h8,17H,3-7H2,1-2H3/i5D2,7D2. The van der Waals surface area contributed by atoms with Gasteiger partial charge < -0.3 is 9.67 Å². The van der Waals surface area contributed by atoms with E-state index in [1.54, 1.807) is 7.05 Å². The predicted octanol–water partition coefficient (Wildman–Crippen LogP) is -0.404. The number of aromatic nitrogens is 4. The SMILES string of the molecule is [2H]C([2H])(O)C([2H])([2H])CCCn1c(=O)c2c(ncn2C)n(C)c1=O. The zero-order valence-corrected chi connectivity index (χ0v) is 10.8. The topological polar surface area (TPSA) is 82.1 Å². The summed E-state index contributed by atoms with van der Waals surface area (Å²) in [5.41, 5.74) is -0.585. The van der Waals surface area contributed by atoms with E-state index in [4.69, 9.17) is 10.6 Å². The second-order valence-corrected chi connectivity index (χ2v) is 4.22. The number of nitrogens with zero attached hydrogens (tertiary/aromatic N) is 4. The van der Waals surface area contributed by atoms with Gasteiger partial charge in [-0.25, -0.2) is 9.78 Å². The van der Waals surface area contributed by atoms with Crippen LogP contribution in [-0.2, 0) is 20.6 Å². The molecular formula is C12H18N4O3. The highest BCUT2D eigenvalue weighted by Crippen LogP contribution is 2.03. The molecule has 104 valence electrons. The number of aryl methyl sites for hydroxylation is 2. The number of imidazole rings is 1. The first-order chi connectivity index (χ1) is 10.5. The van der Waals surface area contributed by atoms with E-state index in [2.05, 4.69) is 4.98 Å². The van der Waals surface area contributed by atoms with Gasteiger partial charge in [0.05, 0.1) is 9.07 Å². The Morgan fingerprint density at radius 1 is 1.37 bits per heavy atom. The molecular weight excluding hydrogens is 248 g/mol. The molecule has 7 nitrogen and oxygen atoms in total. The van der Waals surface area contributed by atoms with Crippen LogP contribution in [0.3, 0.4) is 0 Å². The molecule has 0 aromatic carbocycles. The van der Waals surface area contributed by atoms with E-state index in [1.807, 2.05) is 0 Å². The normalized spacial score (nSPS) is 15.9. The van der Waals surface area contributed by atoms with Crippen molar-refractivity contribution in [3.8, 4) is 0 Å². The van der Waals surface area contributed by atoms with Gasteiger partial charge in [0.25, 0.3) is 5.56 Å². The van der Waals surface area contributed by atoms with Crippen molar-refractivity contribution in [2.45, 2.75) is 25.8 Å². The summed E-state index contributed by atoms with van der Waals surface area (Å²) in [6.07, 6.45) is -1.37. The van der Waals surface area contributed by atoms with Crippen molar-refractivity contribution in [2.24, 2.45) is 14.1 Å². The van der Waals surface area contributed by atoms with Crippen LogP contribution in [0.25, 0.3) is 11.2 Å². The second-order valence-electron chi connectivity index (χ2n) is 4.22. The monoisotopic (exact) mass is 270 g/mol. The Morgan fingerprint density at radius 3 is 2.79 bits per heavy atom. The van der Waals surface area contributed by atoms with Crippen LogP contribution in [0.4, 0.5) is 0 Å². The van der Waals surface area contributed by atoms with Crippen molar-refractivity contribution in [1.29, 1.82) is 0 Å². The maximum absolute atomic E-state index is 12.4. The third kappa shape index (κ3) is 2.33. The quantitative estimate of drug-likeness (QED) is 0.801. The van der Waals surface area contributed by atoms with Crippen LogP contribution in [0.2, 0.25) is 0 Å². The largest absolute Gasteiger partial charge is 0.396 e. The number of fused-ring (bicyclic) bond motifs is 1. The summed E-state index contributed by atoms with van der Waals surface area (Å²) in [6.45, 7) is -3.07. The molecule has 0 bridgehead atoms. The zero-order chi connectivity index (χ0) is 17.6. The summed E-state index contributed by atoms with van der Waals surface area (Å²) in [5, 5.41) is 9.16. The highest BCUT2D eigenvalue weighted by Gasteiger charge is 2.14. The molecule has 7 heteroatoms. The lowest BCUT2D eigenvalue weighted by Gasteiger charge is -2.08. The molecule has 1 N–H and O–H groups in total. The minimum Gasteiger partial charge on any atom is -0.396 e. The third-order valence-corrected chi connectivity index (χ3v) is 2.96. The van der Waals surface area contributed by atoms with Crippen molar-refractivity contribution in [1.82, 2.24) is 18.7 Å². The molecule has 0 saturated heterocycles. The fourth-order valence-electron chi connectivity index (χ4n) is 1.97. The first kappa shape index (κ1) is 9.08. The molecule has 0 saturated carbocycles. The van der Waals surface area contributed by atoms with Crippen LogP contribution < -0.4 is 11.2 Å². The zero-order valence-electron chi connectivity index (χ0n) is 14.8. The van der Waals surface area contributed by atoms with Gasteiger partial charge in [0.2, 0.25) is 0 Å². The third-order valence-electron chi connectivity index (χ3n) is 2.96. The Labute approximate surface area is 115 Å². The van der Waals surface area contributed by atoms with Crippen LogP contribution in [0, 0.1) is 0 Å². The molecule has 0 amide bonds. The Hall–Kier alpha value is -1.89. The molecule has 0 aliphatic rings. The van der Waals surface area contributed by atoms with Gasteiger partial charge in [0.15, 0.2) is 11.2 Å². The average molecular weight is 270 g/mol. The first-order valence-electron chi connectivity index (χ1n) is 7.80. The van der Waals surface area contributed by atoms with Crippen molar-refractivity contribution in [3.63, 3.8) is 0 Å². The van der Waals surface area contributed by atoms with E-state index in [0.29, 0.717) is 0 Å². The minimum absolute atomic E-state index is 0.0194. The molecule has 0 aliphatic heterocycles. The molecule has 0 aliphatic carbocycles. The van der Waals surface area contributed by atoms with Gasteiger partial charge in [-0.1, -0.05) is 0 Å². The highest BCUT2D eigenvalue weighted by atomic mass is 16.3. The van der Waals surface area contributed by atoms with Gasteiger partial charge in [-0.15, -0.1) is 0 Å². The van der Waals surface area contributed by atoms with Crippen LogP contribution in [0.15, 0.2) is 15.9 Å². The van der Waals surface area contributed by atoms with Crippen LogP contribution in [0.5, 0.6) is 0 Å². The molecule has 0 unspecified atom stereocenters. The lowest BCUT2D eigenvalue weighted by atomic mass is 10.2. The van der Waals surface area contributed by atoms with Gasteiger partial charge in [-0.05, 0) is 19.2 Å². The summed E-state index contributed by atoms with van der Waals surface area (Å²) < 4.78 is 32.8. The minimum atomic E-state index is -2.99. The van der Waals surface area contributed by atoms with E-state index >= 15 is 0 Å². The molecule has 2 aromatic rings. The van der Waals surface area contributed by atoms with E-state index in [-0.39, 0.29) is 30.6 Å². The van der Waals surface area contributed by atoms with E-state index in [9.17, 15) is 9.59 Å². The van der Waals surface area contributed by atoms with Gasteiger partial charge in [-0.2, -0.15) is 0 Å². The Kier molecular flexibility index (Phi) is 2.58. The molecule has 19 heavy (non-hydrogen) atoms. The van der Waals surface area contributed by atoms with Crippen molar-refractivity contribution in [3.05, 3.63) is 27.2 Å². The number of hydrogen-bond acceptors (Lipinski definition) is 4. The Morgan fingerprint density at radius 2 is 2.11 bits per heavy atom. The lowest BCUT2D eigenvalue weighted by Crippen LogP contribution is -2.39. The van der Waals surface area contributed by atoms with Gasteiger partial charge in [0, 0.05) is 29.9 Å². The van der Waals surface area contributed by atoms with E-state index in [1.165, 1.54) is 22.5 Å². The summed E-state index contributed by atoms with van der Waals surface area (Å²) in [4.78, 5) is 28.6. The van der Waals surface area contributed by atoms with Crippen molar-refractivity contribution < 1.29 is 10.6 Å². The van der Waals surface area contributed by atoms with E-state index < -0.39 is 24.2 Å². The van der Waals surface area contributed by atoms with Crippen molar-refractivity contribution in [2.75, 3.05) is 6.56 Å². The molecule has 0 fully saturated rings. The van der Waals surface area contributed by atoms with Crippen LogP contribution in [-0.4, -0.2) is 30.4 Å². The fourth-order valence-corrected chi connectivity index (χ4v) is 1.97. The molecule has 0 atom stereocenters. The molecule has 0 spiro atoms. The number of rotatable bonds is 5.